The van der Waals surface area contributed by atoms with Crippen molar-refractivity contribution in [3.63, 3.8) is 0 Å². The molecule has 21 heavy (non-hydrogen) atoms. The number of benzene rings is 1. The molecule has 0 bridgehead atoms. The van der Waals surface area contributed by atoms with Crippen LogP contribution in [0.1, 0.15) is 35.0 Å². The van der Waals surface area contributed by atoms with E-state index in [1.807, 2.05) is 30.3 Å². The summed E-state index contributed by atoms with van der Waals surface area (Å²) >= 11 is 1.05. The van der Waals surface area contributed by atoms with Crippen LogP contribution in [0.2, 0.25) is 0 Å². The van der Waals surface area contributed by atoms with Gasteiger partial charge in [-0.25, -0.2) is 0 Å². The van der Waals surface area contributed by atoms with Crippen molar-refractivity contribution in [2.75, 3.05) is 13.1 Å². The Kier molecular flexibility index (Phi) is 4.26. The number of carbonyl (C=O) groups is 1. The van der Waals surface area contributed by atoms with Gasteiger partial charge < -0.3 is 10.0 Å². The van der Waals surface area contributed by atoms with E-state index in [0.29, 0.717) is 18.8 Å². The molecule has 1 saturated heterocycles. The lowest BCUT2D eigenvalue weighted by Gasteiger charge is -2.34. The lowest BCUT2D eigenvalue weighted by molar-refractivity contribution is 0.0459. The molecule has 0 aliphatic carbocycles. The fraction of sp³-hybridized carbons (Fsp3) is 0.400. The lowest BCUT2D eigenvalue weighted by atomic mass is 9.87. The first-order chi connectivity index (χ1) is 10.3. The van der Waals surface area contributed by atoms with Gasteiger partial charge in [-0.3, -0.25) is 4.79 Å². The number of piperidine rings is 1. The van der Waals surface area contributed by atoms with Crippen molar-refractivity contribution in [1.82, 2.24) is 13.6 Å². The smallest absolute Gasteiger partial charge is 0.275 e. The molecule has 1 aliphatic heterocycles. The van der Waals surface area contributed by atoms with Crippen LogP contribution >= 0.6 is 11.7 Å². The maximum atomic E-state index is 12.2. The summed E-state index contributed by atoms with van der Waals surface area (Å²) in [6, 6.07) is 9.71. The Labute approximate surface area is 127 Å². The topological polar surface area (TPSA) is 66.3 Å². The molecule has 0 radical (unpaired) electrons. The predicted molar refractivity (Wildman–Crippen MR) is 79.9 cm³/mol. The minimum atomic E-state index is -0.454. The third-order valence-corrected chi connectivity index (χ3v) is 4.47. The van der Waals surface area contributed by atoms with E-state index < -0.39 is 6.10 Å². The third kappa shape index (κ3) is 3.11. The van der Waals surface area contributed by atoms with Crippen LogP contribution in [0.3, 0.4) is 0 Å². The van der Waals surface area contributed by atoms with Crippen LogP contribution in [0.25, 0.3) is 0 Å². The molecule has 3 rings (SSSR count). The van der Waals surface area contributed by atoms with Crippen molar-refractivity contribution in [3.05, 3.63) is 47.8 Å². The fourth-order valence-corrected chi connectivity index (χ4v) is 3.17. The van der Waals surface area contributed by atoms with Gasteiger partial charge in [-0.2, -0.15) is 8.75 Å². The van der Waals surface area contributed by atoms with Gasteiger partial charge in [0.25, 0.3) is 5.91 Å². The number of amides is 1. The third-order valence-electron chi connectivity index (χ3n) is 3.99. The van der Waals surface area contributed by atoms with Gasteiger partial charge in [0.2, 0.25) is 0 Å². The Morgan fingerprint density at radius 1 is 1.29 bits per heavy atom. The second kappa shape index (κ2) is 6.32. The van der Waals surface area contributed by atoms with E-state index in [9.17, 15) is 9.90 Å². The number of aromatic nitrogens is 2. The zero-order chi connectivity index (χ0) is 14.7. The average molecular weight is 303 g/mol. The highest BCUT2D eigenvalue weighted by Crippen LogP contribution is 2.30. The molecule has 1 aromatic heterocycles. The lowest BCUT2D eigenvalue weighted by Crippen LogP contribution is -2.39. The van der Waals surface area contributed by atoms with Crippen molar-refractivity contribution < 1.29 is 9.90 Å². The van der Waals surface area contributed by atoms with Gasteiger partial charge in [-0.15, -0.1) is 0 Å². The summed E-state index contributed by atoms with van der Waals surface area (Å²) in [5.74, 6) is 0.140. The Morgan fingerprint density at radius 3 is 2.62 bits per heavy atom. The summed E-state index contributed by atoms with van der Waals surface area (Å²) < 4.78 is 7.85. The molecule has 110 valence electrons. The molecule has 6 heteroatoms. The summed E-state index contributed by atoms with van der Waals surface area (Å²) in [6.45, 7) is 1.32. The summed E-state index contributed by atoms with van der Waals surface area (Å²) in [7, 11) is 0. The van der Waals surface area contributed by atoms with E-state index in [-0.39, 0.29) is 11.8 Å². The maximum absolute atomic E-state index is 12.2. The second-order valence-corrected chi connectivity index (χ2v) is 5.83. The molecule has 1 N–H and O–H groups in total. The number of hydrogen-bond acceptors (Lipinski definition) is 5. The van der Waals surface area contributed by atoms with Gasteiger partial charge in [-0.1, -0.05) is 30.3 Å². The Morgan fingerprint density at radius 2 is 2.00 bits per heavy atom. The standard InChI is InChI=1S/C15H17N3O2S/c19-14(11-4-2-1-3-5-11)12-6-8-18(9-7-12)15(20)13-10-16-21-17-13/h1-5,10,12,14,19H,6-9H2. The van der Waals surface area contributed by atoms with Crippen LogP contribution < -0.4 is 0 Å². The Hall–Kier alpha value is -1.79. The zero-order valence-electron chi connectivity index (χ0n) is 11.6. The van der Waals surface area contributed by atoms with Gasteiger partial charge >= 0.3 is 0 Å². The molecular weight excluding hydrogens is 286 g/mol. The Balaban J connectivity index is 1.59. The fourth-order valence-electron chi connectivity index (χ4n) is 2.76. The van der Waals surface area contributed by atoms with Gasteiger partial charge in [-0.05, 0) is 24.3 Å². The molecule has 1 unspecified atom stereocenters. The Bertz CT molecular complexity index is 580. The highest BCUT2D eigenvalue weighted by molar-refractivity contribution is 6.99. The van der Waals surface area contributed by atoms with E-state index in [1.165, 1.54) is 6.20 Å². The number of nitrogens with zero attached hydrogens (tertiary/aromatic N) is 3. The largest absolute Gasteiger partial charge is 0.388 e. The van der Waals surface area contributed by atoms with Gasteiger partial charge in [0.1, 0.15) is 0 Å². The minimum Gasteiger partial charge on any atom is -0.388 e. The van der Waals surface area contributed by atoms with Crippen molar-refractivity contribution in [2.24, 2.45) is 5.92 Å². The molecule has 1 amide bonds. The highest BCUT2D eigenvalue weighted by Gasteiger charge is 2.29. The number of likely N-dealkylation sites (tertiary alicyclic amines) is 1. The molecule has 2 aromatic rings. The van der Waals surface area contributed by atoms with Crippen molar-refractivity contribution in [2.45, 2.75) is 18.9 Å². The summed E-state index contributed by atoms with van der Waals surface area (Å²) in [5.41, 5.74) is 1.37. The van der Waals surface area contributed by atoms with Crippen LogP contribution in [0, 0.1) is 5.92 Å². The van der Waals surface area contributed by atoms with E-state index in [2.05, 4.69) is 8.75 Å². The molecule has 1 fully saturated rings. The van der Waals surface area contributed by atoms with Crippen molar-refractivity contribution in [3.8, 4) is 0 Å². The molecule has 2 heterocycles. The van der Waals surface area contributed by atoms with E-state index >= 15 is 0 Å². The number of hydrogen-bond donors (Lipinski definition) is 1. The van der Waals surface area contributed by atoms with Crippen LogP contribution in [0.15, 0.2) is 36.5 Å². The second-order valence-electron chi connectivity index (χ2n) is 5.28. The molecule has 1 atom stereocenters. The van der Waals surface area contributed by atoms with Crippen LogP contribution in [0.4, 0.5) is 0 Å². The summed E-state index contributed by atoms with van der Waals surface area (Å²) in [6.07, 6.45) is 2.67. The summed E-state index contributed by atoms with van der Waals surface area (Å²) in [4.78, 5) is 14.0. The first kappa shape index (κ1) is 14.2. The minimum absolute atomic E-state index is 0.0589. The molecule has 0 spiro atoms. The quantitative estimate of drug-likeness (QED) is 0.943. The molecule has 0 saturated carbocycles. The molecule has 1 aromatic carbocycles. The SMILES string of the molecule is O=C(c1cnsn1)N1CCC(C(O)c2ccccc2)CC1. The van der Waals surface area contributed by atoms with Crippen molar-refractivity contribution in [1.29, 1.82) is 0 Å². The molecule has 1 aliphatic rings. The van der Waals surface area contributed by atoms with E-state index in [0.717, 1.165) is 30.1 Å². The van der Waals surface area contributed by atoms with E-state index in [1.54, 1.807) is 4.90 Å². The first-order valence-corrected chi connectivity index (χ1v) is 7.78. The van der Waals surface area contributed by atoms with Crippen molar-refractivity contribution >= 4 is 17.6 Å². The van der Waals surface area contributed by atoms with Gasteiger partial charge in [0.15, 0.2) is 5.69 Å². The number of aliphatic hydroxyl groups excluding tert-OH is 1. The average Bonchev–Trinajstić information content (AvgIpc) is 3.09. The van der Waals surface area contributed by atoms with E-state index in [4.69, 9.17) is 0 Å². The normalized spacial score (nSPS) is 17.7. The van der Waals surface area contributed by atoms with Crippen LogP contribution in [-0.4, -0.2) is 37.8 Å². The van der Waals surface area contributed by atoms with Gasteiger partial charge in [0.05, 0.1) is 24.0 Å². The maximum Gasteiger partial charge on any atom is 0.275 e. The predicted octanol–water partition coefficient (Wildman–Crippen LogP) is 2.12. The van der Waals surface area contributed by atoms with Crippen LogP contribution in [-0.2, 0) is 0 Å². The highest BCUT2D eigenvalue weighted by atomic mass is 32.1. The number of aliphatic hydroxyl groups is 1. The molecule has 5 nitrogen and oxygen atoms in total. The summed E-state index contributed by atoms with van der Waals surface area (Å²) in [5, 5.41) is 10.4. The number of rotatable bonds is 3. The number of carbonyl (C=O) groups excluding carboxylic acids is 1. The molecular formula is C15H17N3O2S. The van der Waals surface area contributed by atoms with Crippen LogP contribution in [0.5, 0.6) is 0 Å². The zero-order valence-corrected chi connectivity index (χ0v) is 12.4. The first-order valence-electron chi connectivity index (χ1n) is 7.05. The monoisotopic (exact) mass is 303 g/mol. The van der Waals surface area contributed by atoms with Gasteiger partial charge in [0, 0.05) is 13.1 Å².